The molecule has 0 heterocycles. The second kappa shape index (κ2) is 3.68. The number of rotatable bonds is 0. The van der Waals surface area contributed by atoms with E-state index in [-0.39, 0.29) is 0 Å². The van der Waals surface area contributed by atoms with E-state index in [1.165, 1.54) is 11.1 Å². The van der Waals surface area contributed by atoms with Crippen LogP contribution >= 0.6 is 0 Å². The fraction of sp³-hybridized carbons (Fsp3) is 0.250. The van der Waals surface area contributed by atoms with Crippen LogP contribution in [0.4, 0.5) is 0 Å². The maximum absolute atomic E-state index is 5.62. The minimum atomic E-state index is 0.386. The van der Waals surface area contributed by atoms with Crippen molar-refractivity contribution in [3.05, 3.63) is 59.3 Å². The summed E-state index contributed by atoms with van der Waals surface area (Å²) in [6.07, 6.45) is 23.4. The molecule has 0 aromatic rings. The van der Waals surface area contributed by atoms with Crippen LogP contribution in [0.25, 0.3) is 0 Å². The molecule has 0 aromatic carbocycles. The Hall–Kier alpha value is -1.74. The molecule has 0 nitrogen and oxygen atoms in total. The van der Waals surface area contributed by atoms with Crippen LogP contribution in [-0.2, 0) is 0 Å². The molecule has 0 aliphatic heterocycles. The SMILES string of the molecule is C#CC1=CC2=C(C=CCC2)C2C=CC=CC12. The Bertz CT molecular complexity index is 501. The van der Waals surface area contributed by atoms with Crippen molar-refractivity contribution in [3.63, 3.8) is 0 Å². The van der Waals surface area contributed by atoms with Crippen LogP contribution in [0.3, 0.4) is 0 Å². The lowest BCUT2D eigenvalue weighted by atomic mass is 9.71. The lowest BCUT2D eigenvalue weighted by Crippen LogP contribution is -2.21. The first kappa shape index (κ1) is 9.48. The largest absolute Gasteiger partial charge is 0.115 e. The lowest BCUT2D eigenvalue weighted by Gasteiger charge is -2.32. The van der Waals surface area contributed by atoms with E-state index in [4.69, 9.17) is 6.42 Å². The van der Waals surface area contributed by atoms with Crippen molar-refractivity contribution in [1.29, 1.82) is 0 Å². The minimum absolute atomic E-state index is 0.386. The molecule has 0 spiro atoms. The third-order valence-corrected chi connectivity index (χ3v) is 3.60. The normalized spacial score (nSPS) is 30.6. The Morgan fingerprint density at radius 3 is 2.81 bits per heavy atom. The van der Waals surface area contributed by atoms with Crippen LogP contribution in [0.1, 0.15) is 12.8 Å². The monoisotopic (exact) mass is 206 g/mol. The van der Waals surface area contributed by atoms with E-state index in [9.17, 15) is 0 Å². The first-order chi connectivity index (χ1) is 7.90. The molecule has 0 amide bonds. The highest BCUT2D eigenvalue weighted by atomic mass is 14.3. The summed E-state index contributed by atoms with van der Waals surface area (Å²) < 4.78 is 0. The van der Waals surface area contributed by atoms with Crippen LogP contribution in [-0.4, -0.2) is 0 Å². The van der Waals surface area contributed by atoms with E-state index in [1.807, 2.05) is 0 Å². The molecule has 0 aromatic heterocycles. The zero-order valence-corrected chi connectivity index (χ0v) is 9.19. The summed E-state index contributed by atoms with van der Waals surface area (Å²) in [5.41, 5.74) is 4.05. The van der Waals surface area contributed by atoms with Crippen molar-refractivity contribution in [2.75, 3.05) is 0 Å². The van der Waals surface area contributed by atoms with Crippen molar-refractivity contribution < 1.29 is 0 Å². The van der Waals surface area contributed by atoms with Crippen molar-refractivity contribution in [3.8, 4) is 12.3 Å². The molecule has 0 saturated carbocycles. The number of hydrogen-bond donors (Lipinski definition) is 0. The summed E-state index contributed by atoms with van der Waals surface area (Å²) in [4.78, 5) is 0. The van der Waals surface area contributed by atoms with Gasteiger partial charge in [-0.25, -0.2) is 0 Å². The summed E-state index contributed by atoms with van der Waals surface area (Å²) in [7, 11) is 0. The molecule has 2 unspecified atom stereocenters. The molecule has 0 fully saturated rings. The van der Waals surface area contributed by atoms with Crippen molar-refractivity contribution in [2.45, 2.75) is 12.8 Å². The number of fused-ring (bicyclic) bond motifs is 2. The molecule has 3 aliphatic rings. The third kappa shape index (κ3) is 1.32. The molecule has 0 heteroatoms. The maximum Gasteiger partial charge on any atom is 0.0205 e. The summed E-state index contributed by atoms with van der Waals surface area (Å²) in [5.74, 6) is 3.70. The van der Waals surface area contributed by atoms with Gasteiger partial charge in [-0.1, -0.05) is 42.4 Å². The highest BCUT2D eigenvalue weighted by Crippen LogP contribution is 2.41. The molecule has 16 heavy (non-hydrogen) atoms. The second-order valence-electron chi connectivity index (χ2n) is 4.49. The van der Waals surface area contributed by atoms with Gasteiger partial charge in [0.15, 0.2) is 0 Å². The summed E-state index contributed by atoms with van der Waals surface area (Å²) in [5, 5.41) is 0. The molecule has 3 rings (SSSR count). The molecular formula is C16H14. The van der Waals surface area contributed by atoms with Gasteiger partial charge in [0.05, 0.1) is 0 Å². The van der Waals surface area contributed by atoms with E-state index in [2.05, 4.69) is 48.5 Å². The van der Waals surface area contributed by atoms with Gasteiger partial charge in [0, 0.05) is 17.4 Å². The van der Waals surface area contributed by atoms with Crippen molar-refractivity contribution in [2.24, 2.45) is 11.8 Å². The first-order valence-corrected chi connectivity index (χ1v) is 5.83. The van der Waals surface area contributed by atoms with Crippen LogP contribution < -0.4 is 0 Å². The molecule has 0 bridgehead atoms. The molecular weight excluding hydrogens is 192 g/mol. The number of hydrogen-bond acceptors (Lipinski definition) is 0. The quantitative estimate of drug-likeness (QED) is 0.531. The Morgan fingerprint density at radius 2 is 2.00 bits per heavy atom. The third-order valence-electron chi connectivity index (χ3n) is 3.60. The van der Waals surface area contributed by atoms with Gasteiger partial charge in [-0.2, -0.15) is 0 Å². The molecule has 78 valence electrons. The zero-order chi connectivity index (χ0) is 11.0. The van der Waals surface area contributed by atoms with E-state index in [0.29, 0.717) is 11.8 Å². The van der Waals surface area contributed by atoms with Gasteiger partial charge in [0.1, 0.15) is 0 Å². The Labute approximate surface area is 96.7 Å². The van der Waals surface area contributed by atoms with E-state index in [1.54, 1.807) is 0 Å². The topological polar surface area (TPSA) is 0 Å². The predicted molar refractivity (Wildman–Crippen MR) is 67.6 cm³/mol. The highest BCUT2D eigenvalue weighted by Gasteiger charge is 2.29. The first-order valence-electron chi connectivity index (χ1n) is 5.83. The second-order valence-corrected chi connectivity index (χ2v) is 4.49. The van der Waals surface area contributed by atoms with Gasteiger partial charge in [-0.05, 0) is 30.1 Å². The fourth-order valence-electron chi connectivity index (χ4n) is 2.80. The average molecular weight is 206 g/mol. The highest BCUT2D eigenvalue weighted by molar-refractivity contribution is 5.53. The molecule has 0 N–H and O–H groups in total. The molecule has 3 aliphatic carbocycles. The van der Waals surface area contributed by atoms with Gasteiger partial charge < -0.3 is 0 Å². The summed E-state index contributed by atoms with van der Waals surface area (Å²) >= 11 is 0. The smallest absolute Gasteiger partial charge is 0.0205 e. The summed E-state index contributed by atoms with van der Waals surface area (Å²) in [6, 6.07) is 0. The van der Waals surface area contributed by atoms with Gasteiger partial charge in [-0.15, -0.1) is 6.42 Å². The standard InChI is InChI=1S/C16H14/c1-2-12-11-13-7-3-4-9-15(13)16-10-6-5-8-14(12)16/h1,4-6,8-11,14,16H,3,7H2. The van der Waals surface area contributed by atoms with Crippen LogP contribution in [0, 0.1) is 24.2 Å². The lowest BCUT2D eigenvalue weighted by molar-refractivity contribution is 0.602. The van der Waals surface area contributed by atoms with Gasteiger partial charge in [0.25, 0.3) is 0 Å². The van der Waals surface area contributed by atoms with Gasteiger partial charge in [0.2, 0.25) is 0 Å². The predicted octanol–water partition coefficient (Wildman–Crippen LogP) is 3.56. The number of allylic oxidation sites excluding steroid dienone is 10. The van der Waals surface area contributed by atoms with Crippen LogP contribution in [0.2, 0.25) is 0 Å². The van der Waals surface area contributed by atoms with Gasteiger partial charge >= 0.3 is 0 Å². The molecule has 0 radical (unpaired) electrons. The minimum Gasteiger partial charge on any atom is -0.115 e. The fourth-order valence-corrected chi connectivity index (χ4v) is 2.80. The molecule has 2 atom stereocenters. The summed E-state index contributed by atoms with van der Waals surface area (Å²) in [6.45, 7) is 0. The average Bonchev–Trinajstić information content (AvgIpc) is 2.38. The Balaban J connectivity index is 2.13. The maximum atomic E-state index is 5.62. The van der Waals surface area contributed by atoms with Crippen LogP contribution in [0.15, 0.2) is 59.3 Å². The molecule has 0 saturated heterocycles. The number of terminal acetylenes is 1. The van der Waals surface area contributed by atoms with Gasteiger partial charge in [-0.3, -0.25) is 0 Å². The zero-order valence-electron chi connectivity index (χ0n) is 9.19. The van der Waals surface area contributed by atoms with E-state index < -0.39 is 0 Å². The van der Waals surface area contributed by atoms with Crippen molar-refractivity contribution in [1.82, 2.24) is 0 Å². The van der Waals surface area contributed by atoms with E-state index in [0.717, 1.165) is 18.4 Å². The van der Waals surface area contributed by atoms with Crippen molar-refractivity contribution >= 4 is 0 Å². The van der Waals surface area contributed by atoms with E-state index >= 15 is 0 Å². The Morgan fingerprint density at radius 1 is 1.19 bits per heavy atom. The van der Waals surface area contributed by atoms with Crippen LogP contribution in [0.5, 0.6) is 0 Å². The Kier molecular flexibility index (Phi) is 2.18.